The summed E-state index contributed by atoms with van der Waals surface area (Å²) in [5.41, 5.74) is 1.03. The number of aliphatic carboxylic acids is 1. The van der Waals surface area contributed by atoms with Crippen molar-refractivity contribution in [2.45, 2.75) is 18.6 Å². The van der Waals surface area contributed by atoms with Crippen molar-refractivity contribution in [2.75, 3.05) is 12.8 Å². The summed E-state index contributed by atoms with van der Waals surface area (Å²) < 4.78 is 22.2. The van der Waals surface area contributed by atoms with E-state index in [4.69, 9.17) is 5.11 Å². The molecular weight excluding hydrogens is 282 g/mol. The molecule has 1 aromatic rings. The number of nitrogens with one attached hydrogen (secondary N) is 1. The Bertz CT molecular complexity index is 577. The standard InChI is InChI=1S/C13H17NO5S/c1-20(18,19)9-10-4-6-11(7-5-10)13(17)14-8-2-3-12(15)16/h4-7H,2-3,8-9H2,1H3,(H,14,17)(H,15,16). The van der Waals surface area contributed by atoms with Gasteiger partial charge in [0.15, 0.2) is 9.84 Å². The van der Waals surface area contributed by atoms with Gasteiger partial charge in [-0.05, 0) is 24.1 Å². The fraction of sp³-hybridized carbons (Fsp3) is 0.385. The fourth-order valence-electron chi connectivity index (χ4n) is 1.60. The molecule has 0 aliphatic heterocycles. The molecule has 0 saturated heterocycles. The van der Waals surface area contributed by atoms with Gasteiger partial charge in [-0.15, -0.1) is 0 Å². The Morgan fingerprint density at radius 2 is 1.80 bits per heavy atom. The summed E-state index contributed by atoms with van der Waals surface area (Å²) in [5, 5.41) is 11.1. The van der Waals surface area contributed by atoms with Gasteiger partial charge in [-0.1, -0.05) is 12.1 Å². The van der Waals surface area contributed by atoms with Crippen molar-refractivity contribution in [3.63, 3.8) is 0 Å². The molecule has 1 aromatic carbocycles. The van der Waals surface area contributed by atoms with Gasteiger partial charge < -0.3 is 10.4 Å². The van der Waals surface area contributed by atoms with Crippen LogP contribution in [-0.4, -0.2) is 38.2 Å². The second-order valence-corrected chi connectivity index (χ2v) is 6.66. The Labute approximate surface area is 117 Å². The molecule has 110 valence electrons. The number of carboxylic acid groups (broad SMARTS) is 1. The van der Waals surface area contributed by atoms with E-state index in [-0.39, 0.29) is 24.6 Å². The van der Waals surface area contributed by atoms with Gasteiger partial charge in [0.2, 0.25) is 0 Å². The van der Waals surface area contributed by atoms with Crippen LogP contribution in [0.4, 0.5) is 0 Å². The van der Waals surface area contributed by atoms with Crippen LogP contribution in [0.2, 0.25) is 0 Å². The smallest absolute Gasteiger partial charge is 0.303 e. The zero-order valence-electron chi connectivity index (χ0n) is 11.1. The van der Waals surface area contributed by atoms with Crippen molar-refractivity contribution < 1.29 is 23.1 Å². The van der Waals surface area contributed by atoms with E-state index in [1.54, 1.807) is 24.3 Å². The van der Waals surface area contributed by atoms with Crippen molar-refractivity contribution in [2.24, 2.45) is 0 Å². The second kappa shape index (κ2) is 7.04. The van der Waals surface area contributed by atoms with Gasteiger partial charge in [0, 0.05) is 24.8 Å². The first kappa shape index (κ1) is 16.2. The summed E-state index contributed by atoms with van der Waals surface area (Å²) in [6.07, 6.45) is 1.52. The topological polar surface area (TPSA) is 101 Å². The zero-order chi connectivity index (χ0) is 15.2. The maximum atomic E-state index is 11.7. The van der Waals surface area contributed by atoms with Gasteiger partial charge in [-0.2, -0.15) is 0 Å². The monoisotopic (exact) mass is 299 g/mol. The summed E-state index contributed by atoms with van der Waals surface area (Å²) in [6, 6.07) is 6.28. The number of amides is 1. The number of carboxylic acids is 1. The molecule has 2 N–H and O–H groups in total. The molecule has 0 radical (unpaired) electrons. The van der Waals surface area contributed by atoms with Crippen LogP contribution in [0.25, 0.3) is 0 Å². The molecule has 7 heteroatoms. The van der Waals surface area contributed by atoms with Crippen LogP contribution >= 0.6 is 0 Å². The summed E-state index contributed by atoms with van der Waals surface area (Å²) in [4.78, 5) is 22.0. The summed E-state index contributed by atoms with van der Waals surface area (Å²) in [7, 11) is -3.09. The minimum atomic E-state index is -3.09. The fourth-order valence-corrected chi connectivity index (χ4v) is 2.40. The Kier molecular flexibility index (Phi) is 5.69. The molecule has 1 rings (SSSR count). The predicted molar refractivity (Wildman–Crippen MR) is 74.2 cm³/mol. The third-order valence-electron chi connectivity index (χ3n) is 2.50. The first-order valence-corrected chi connectivity index (χ1v) is 8.10. The Morgan fingerprint density at radius 1 is 1.20 bits per heavy atom. The van der Waals surface area contributed by atoms with Crippen molar-refractivity contribution in [3.8, 4) is 0 Å². The molecule has 0 fully saturated rings. The van der Waals surface area contributed by atoms with Crippen LogP contribution in [0, 0.1) is 0 Å². The van der Waals surface area contributed by atoms with Crippen molar-refractivity contribution in [1.82, 2.24) is 5.32 Å². The van der Waals surface area contributed by atoms with E-state index in [0.717, 1.165) is 6.26 Å². The molecule has 0 saturated carbocycles. The molecule has 0 unspecified atom stereocenters. The molecule has 0 aliphatic rings. The lowest BCUT2D eigenvalue weighted by Gasteiger charge is -2.05. The molecule has 0 aliphatic carbocycles. The van der Waals surface area contributed by atoms with E-state index in [0.29, 0.717) is 17.5 Å². The lowest BCUT2D eigenvalue weighted by molar-refractivity contribution is -0.137. The number of carbonyl (C=O) groups excluding carboxylic acids is 1. The summed E-state index contributed by atoms with van der Waals surface area (Å²) in [5.74, 6) is -1.27. The molecule has 0 atom stereocenters. The third kappa shape index (κ3) is 6.33. The van der Waals surface area contributed by atoms with E-state index in [2.05, 4.69) is 5.32 Å². The highest BCUT2D eigenvalue weighted by Gasteiger charge is 2.08. The van der Waals surface area contributed by atoms with Crippen LogP contribution in [0.15, 0.2) is 24.3 Å². The molecular formula is C13H17NO5S. The quantitative estimate of drug-likeness (QED) is 0.726. The van der Waals surface area contributed by atoms with Gasteiger partial charge >= 0.3 is 5.97 Å². The van der Waals surface area contributed by atoms with Gasteiger partial charge in [-0.3, -0.25) is 9.59 Å². The van der Waals surface area contributed by atoms with E-state index in [9.17, 15) is 18.0 Å². The zero-order valence-corrected chi connectivity index (χ0v) is 11.9. The largest absolute Gasteiger partial charge is 0.481 e. The van der Waals surface area contributed by atoms with E-state index in [1.807, 2.05) is 0 Å². The second-order valence-electron chi connectivity index (χ2n) is 4.52. The van der Waals surface area contributed by atoms with Crippen LogP contribution in [0.5, 0.6) is 0 Å². The molecule has 0 aromatic heterocycles. The molecule has 6 nitrogen and oxygen atoms in total. The predicted octanol–water partition coefficient (Wildman–Crippen LogP) is 0.826. The number of sulfone groups is 1. The van der Waals surface area contributed by atoms with Gasteiger partial charge in [-0.25, -0.2) is 8.42 Å². The van der Waals surface area contributed by atoms with Crippen molar-refractivity contribution in [1.29, 1.82) is 0 Å². The normalized spacial score (nSPS) is 11.1. The molecule has 20 heavy (non-hydrogen) atoms. The Hall–Kier alpha value is -1.89. The highest BCUT2D eigenvalue weighted by Crippen LogP contribution is 2.08. The van der Waals surface area contributed by atoms with E-state index >= 15 is 0 Å². The number of hydrogen-bond donors (Lipinski definition) is 2. The molecule has 0 bridgehead atoms. The molecule has 0 heterocycles. The van der Waals surface area contributed by atoms with Crippen LogP contribution in [-0.2, 0) is 20.4 Å². The first-order chi connectivity index (χ1) is 9.28. The number of hydrogen-bond acceptors (Lipinski definition) is 4. The third-order valence-corrected chi connectivity index (χ3v) is 3.36. The number of benzene rings is 1. The Balaban J connectivity index is 2.51. The highest BCUT2D eigenvalue weighted by atomic mass is 32.2. The maximum absolute atomic E-state index is 11.7. The van der Waals surface area contributed by atoms with Crippen LogP contribution in [0.3, 0.4) is 0 Å². The first-order valence-electron chi connectivity index (χ1n) is 6.04. The number of carbonyl (C=O) groups is 2. The summed E-state index contributed by atoms with van der Waals surface area (Å²) >= 11 is 0. The maximum Gasteiger partial charge on any atom is 0.303 e. The molecule has 0 spiro atoms. The number of rotatable bonds is 7. The van der Waals surface area contributed by atoms with Crippen LogP contribution in [0.1, 0.15) is 28.8 Å². The minimum Gasteiger partial charge on any atom is -0.481 e. The lowest BCUT2D eigenvalue weighted by Crippen LogP contribution is -2.24. The van der Waals surface area contributed by atoms with Crippen LogP contribution < -0.4 is 5.32 Å². The van der Waals surface area contributed by atoms with Crippen molar-refractivity contribution in [3.05, 3.63) is 35.4 Å². The van der Waals surface area contributed by atoms with E-state index in [1.165, 1.54) is 0 Å². The lowest BCUT2D eigenvalue weighted by atomic mass is 10.1. The van der Waals surface area contributed by atoms with Crippen molar-refractivity contribution >= 4 is 21.7 Å². The molecule has 1 amide bonds. The minimum absolute atomic E-state index is 0.00752. The average molecular weight is 299 g/mol. The summed E-state index contributed by atoms with van der Waals surface area (Å²) in [6.45, 7) is 0.288. The van der Waals surface area contributed by atoms with Gasteiger partial charge in [0.1, 0.15) is 0 Å². The van der Waals surface area contributed by atoms with Gasteiger partial charge in [0.25, 0.3) is 5.91 Å². The highest BCUT2D eigenvalue weighted by molar-refractivity contribution is 7.89. The Morgan fingerprint density at radius 3 is 2.30 bits per heavy atom. The average Bonchev–Trinajstić information content (AvgIpc) is 2.33. The SMILES string of the molecule is CS(=O)(=O)Cc1ccc(C(=O)NCCCC(=O)O)cc1. The van der Waals surface area contributed by atoms with Gasteiger partial charge in [0.05, 0.1) is 5.75 Å². The van der Waals surface area contributed by atoms with E-state index < -0.39 is 15.8 Å².